The van der Waals surface area contributed by atoms with Gasteiger partial charge in [0.15, 0.2) is 5.69 Å². The van der Waals surface area contributed by atoms with E-state index in [1.54, 1.807) is 12.1 Å². The van der Waals surface area contributed by atoms with Gasteiger partial charge in [-0.25, -0.2) is 9.18 Å². The number of aliphatic hydroxyl groups is 1. The van der Waals surface area contributed by atoms with Gasteiger partial charge in [-0.1, -0.05) is 6.07 Å². The van der Waals surface area contributed by atoms with E-state index in [-0.39, 0.29) is 34.8 Å². The Hall–Kier alpha value is -3.05. The molecule has 1 aromatic heterocycles. The van der Waals surface area contributed by atoms with Gasteiger partial charge in [0, 0.05) is 12.2 Å². The molecule has 0 saturated heterocycles. The van der Waals surface area contributed by atoms with Crippen LogP contribution < -0.4 is 11.1 Å². The molecule has 7 nitrogen and oxygen atoms in total. The van der Waals surface area contributed by atoms with Crippen molar-refractivity contribution < 1.29 is 19.0 Å². The fourth-order valence-electron chi connectivity index (χ4n) is 3.41. The zero-order valence-corrected chi connectivity index (χ0v) is 14.9. The Morgan fingerprint density at radius 1 is 1.41 bits per heavy atom. The maximum atomic E-state index is 14.8. The molecule has 2 aromatic rings. The first-order valence-electron chi connectivity index (χ1n) is 8.69. The van der Waals surface area contributed by atoms with Crippen molar-refractivity contribution in [3.05, 3.63) is 41.5 Å². The fraction of sp³-hybridized carbons (Fsp3) is 0.368. The number of carbonyl (C=O) groups excluding carboxylic acids is 1. The van der Waals surface area contributed by atoms with Crippen molar-refractivity contribution >= 4 is 17.3 Å². The summed E-state index contributed by atoms with van der Waals surface area (Å²) < 4.78 is 20.8. The number of halogens is 1. The number of anilines is 2. The minimum absolute atomic E-state index is 0.0562. The predicted molar refractivity (Wildman–Crippen MR) is 98.1 cm³/mol. The van der Waals surface area contributed by atoms with Crippen LogP contribution in [0.3, 0.4) is 0 Å². The van der Waals surface area contributed by atoms with E-state index in [2.05, 4.69) is 5.32 Å². The van der Waals surface area contributed by atoms with Crippen LogP contribution in [0.1, 0.15) is 41.7 Å². The summed E-state index contributed by atoms with van der Waals surface area (Å²) in [5.74, 6) is -1.33. The molecule has 0 aliphatic heterocycles. The number of hydrogen-bond donors (Lipinski definition) is 3. The SMILES string of the molecule is COC(=O)c1c(N)c(C#N)cn1-c1c(F)cccc1NC1CCC(O)CC1. The third kappa shape index (κ3) is 3.59. The summed E-state index contributed by atoms with van der Waals surface area (Å²) in [5.41, 5.74) is 6.39. The molecule has 142 valence electrons. The van der Waals surface area contributed by atoms with Crippen LogP contribution in [0.15, 0.2) is 24.4 Å². The van der Waals surface area contributed by atoms with Crippen molar-refractivity contribution in [2.45, 2.75) is 37.8 Å². The third-order valence-electron chi connectivity index (χ3n) is 4.83. The van der Waals surface area contributed by atoms with Crippen LogP contribution in [0.2, 0.25) is 0 Å². The average molecular weight is 372 g/mol. The van der Waals surface area contributed by atoms with Gasteiger partial charge in [-0.15, -0.1) is 0 Å². The summed E-state index contributed by atoms with van der Waals surface area (Å²) in [5, 5.41) is 22.2. The number of nitrogens with one attached hydrogen (secondary N) is 1. The van der Waals surface area contributed by atoms with Crippen molar-refractivity contribution in [3.8, 4) is 11.8 Å². The molecule has 0 spiro atoms. The second-order valence-electron chi connectivity index (χ2n) is 6.56. The van der Waals surface area contributed by atoms with Crippen molar-refractivity contribution in [1.29, 1.82) is 5.26 Å². The number of ether oxygens (including phenoxy) is 1. The lowest BCUT2D eigenvalue weighted by molar-refractivity contribution is 0.0593. The van der Waals surface area contributed by atoms with Crippen molar-refractivity contribution in [2.75, 3.05) is 18.2 Å². The first-order chi connectivity index (χ1) is 13.0. The van der Waals surface area contributed by atoms with Crippen LogP contribution in [0.25, 0.3) is 5.69 Å². The molecule has 27 heavy (non-hydrogen) atoms. The number of hydrogen-bond acceptors (Lipinski definition) is 6. The number of aliphatic hydroxyl groups excluding tert-OH is 1. The van der Waals surface area contributed by atoms with Crippen molar-refractivity contribution in [2.24, 2.45) is 0 Å². The number of nitrogens with zero attached hydrogens (tertiary/aromatic N) is 2. The lowest BCUT2D eigenvalue weighted by atomic mass is 9.93. The molecule has 0 radical (unpaired) electrons. The van der Waals surface area contributed by atoms with E-state index < -0.39 is 11.8 Å². The van der Waals surface area contributed by atoms with Gasteiger partial charge in [-0.2, -0.15) is 5.26 Å². The monoisotopic (exact) mass is 372 g/mol. The molecule has 0 unspecified atom stereocenters. The standard InChI is InChI=1S/C19H21FN4O3/c1-27-19(26)18-16(22)11(9-21)10-24(18)17-14(20)3-2-4-15(17)23-12-5-7-13(25)8-6-12/h2-4,10,12-13,23,25H,5-8,22H2,1H3. The summed E-state index contributed by atoms with van der Waals surface area (Å²) in [6, 6.07) is 6.51. The largest absolute Gasteiger partial charge is 0.464 e. The van der Waals surface area contributed by atoms with E-state index in [0.29, 0.717) is 18.5 Å². The minimum Gasteiger partial charge on any atom is -0.464 e. The van der Waals surface area contributed by atoms with Crippen molar-refractivity contribution in [1.82, 2.24) is 4.57 Å². The van der Waals surface area contributed by atoms with E-state index in [0.717, 1.165) is 12.8 Å². The van der Waals surface area contributed by atoms with Gasteiger partial charge < -0.3 is 25.5 Å². The molecule has 1 aliphatic carbocycles. The van der Waals surface area contributed by atoms with Gasteiger partial charge in [0.2, 0.25) is 0 Å². The molecule has 0 atom stereocenters. The molecule has 0 bridgehead atoms. The van der Waals surface area contributed by atoms with Gasteiger partial charge in [0.1, 0.15) is 17.6 Å². The summed E-state index contributed by atoms with van der Waals surface area (Å²) >= 11 is 0. The van der Waals surface area contributed by atoms with Crippen LogP contribution in [-0.2, 0) is 4.74 Å². The zero-order chi connectivity index (χ0) is 19.6. The molecule has 1 saturated carbocycles. The number of nitriles is 1. The van der Waals surface area contributed by atoms with Crippen molar-refractivity contribution in [3.63, 3.8) is 0 Å². The van der Waals surface area contributed by atoms with Crippen LogP contribution >= 0.6 is 0 Å². The number of rotatable bonds is 4. The van der Waals surface area contributed by atoms with Crippen LogP contribution in [0.5, 0.6) is 0 Å². The van der Waals surface area contributed by atoms with Crippen LogP contribution in [0.4, 0.5) is 15.8 Å². The Morgan fingerprint density at radius 2 is 2.11 bits per heavy atom. The van der Waals surface area contributed by atoms with Gasteiger partial charge in [-0.05, 0) is 37.8 Å². The van der Waals surface area contributed by atoms with E-state index in [1.807, 2.05) is 6.07 Å². The molecule has 4 N–H and O–H groups in total. The molecule has 0 amide bonds. The summed E-state index contributed by atoms with van der Waals surface area (Å²) in [6.45, 7) is 0. The second-order valence-corrected chi connectivity index (χ2v) is 6.56. The Labute approximate surface area is 156 Å². The minimum atomic E-state index is -0.760. The van der Waals surface area contributed by atoms with E-state index in [9.17, 15) is 19.6 Å². The molecule has 3 rings (SSSR count). The fourth-order valence-corrected chi connectivity index (χ4v) is 3.41. The molecule has 1 aromatic carbocycles. The highest BCUT2D eigenvalue weighted by Crippen LogP contribution is 2.32. The number of methoxy groups -OCH3 is 1. The Morgan fingerprint density at radius 3 is 2.74 bits per heavy atom. The van der Waals surface area contributed by atoms with Crippen LogP contribution in [-0.4, -0.2) is 34.9 Å². The molecule has 8 heteroatoms. The van der Waals surface area contributed by atoms with E-state index in [4.69, 9.17) is 10.5 Å². The highest BCUT2D eigenvalue weighted by atomic mass is 19.1. The third-order valence-corrected chi connectivity index (χ3v) is 4.83. The van der Waals surface area contributed by atoms with E-state index in [1.165, 1.54) is 23.9 Å². The highest BCUT2D eigenvalue weighted by Gasteiger charge is 2.26. The quantitative estimate of drug-likeness (QED) is 0.711. The summed E-state index contributed by atoms with van der Waals surface area (Å²) in [7, 11) is 1.19. The Balaban J connectivity index is 2.07. The molecule has 1 heterocycles. The number of nitrogen functional groups attached to an aromatic ring is 1. The number of aromatic nitrogens is 1. The van der Waals surface area contributed by atoms with Gasteiger partial charge in [-0.3, -0.25) is 0 Å². The number of esters is 1. The molecular weight excluding hydrogens is 351 g/mol. The summed E-state index contributed by atoms with van der Waals surface area (Å²) in [6.07, 6.45) is 3.87. The number of para-hydroxylation sites is 1. The maximum absolute atomic E-state index is 14.8. The molecular formula is C19H21FN4O3. The van der Waals surface area contributed by atoms with Gasteiger partial charge in [0.05, 0.1) is 30.2 Å². The average Bonchev–Trinajstić information content (AvgIpc) is 2.99. The lowest BCUT2D eigenvalue weighted by Gasteiger charge is -2.28. The highest BCUT2D eigenvalue weighted by molar-refractivity contribution is 5.96. The number of carbonyl (C=O) groups is 1. The van der Waals surface area contributed by atoms with Gasteiger partial charge in [0.25, 0.3) is 0 Å². The Bertz CT molecular complexity index is 895. The molecule has 1 fully saturated rings. The number of benzene rings is 1. The topological polar surface area (TPSA) is 113 Å². The van der Waals surface area contributed by atoms with Crippen LogP contribution in [0, 0.1) is 17.1 Å². The maximum Gasteiger partial charge on any atom is 0.357 e. The first-order valence-corrected chi connectivity index (χ1v) is 8.69. The van der Waals surface area contributed by atoms with E-state index >= 15 is 0 Å². The predicted octanol–water partition coefficient (Wildman–Crippen LogP) is 2.57. The second kappa shape index (κ2) is 7.68. The lowest BCUT2D eigenvalue weighted by Crippen LogP contribution is -2.28. The summed E-state index contributed by atoms with van der Waals surface area (Å²) in [4.78, 5) is 12.2. The number of nitrogens with two attached hydrogens (primary N) is 1. The Kier molecular flexibility index (Phi) is 5.33. The zero-order valence-electron chi connectivity index (χ0n) is 14.9. The molecule has 1 aliphatic rings. The smallest absolute Gasteiger partial charge is 0.357 e. The van der Waals surface area contributed by atoms with Gasteiger partial charge >= 0.3 is 5.97 Å². The first kappa shape index (κ1) is 18.7. The normalized spacial score (nSPS) is 19.3.